The summed E-state index contributed by atoms with van der Waals surface area (Å²) in [5, 5.41) is 3.66. The third-order valence-corrected chi connectivity index (χ3v) is 4.32. The van der Waals surface area contributed by atoms with Crippen molar-refractivity contribution in [2.75, 3.05) is 6.61 Å². The molecule has 110 valence electrons. The van der Waals surface area contributed by atoms with Gasteiger partial charge < -0.3 is 14.8 Å². The molecule has 1 aliphatic heterocycles. The second-order valence-electron chi connectivity index (χ2n) is 6.00. The Hall–Kier alpha value is -1.22. The van der Waals surface area contributed by atoms with E-state index < -0.39 is 0 Å². The maximum Gasteiger partial charge on any atom is 0.124 e. The number of rotatable bonds is 5. The van der Waals surface area contributed by atoms with Crippen molar-refractivity contribution in [2.45, 2.75) is 64.6 Å². The SMILES string of the molecule is CCOc1cc2c(cc1CNC1CCCC1)OC(C)C2. The van der Waals surface area contributed by atoms with Crippen molar-refractivity contribution in [1.29, 1.82) is 0 Å². The van der Waals surface area contributed by atoms with E-state index in [2.05, 4.69) is 24.4 Å². The Morgan fingerprint density at radius 3 is 2.85 bits per heavy atom. The van der Waals surface area contributed by atoms with Crippen molar-refractivity contribution in [3.63, 3.8) is 0 Å². The Bertz CT molecular complexity index is 466. The van der Waals surface area contributed by atoms with Gasteiger partial charge in [-0.2, -0.15) is 0 Å². The molecule has 1 N–H and O–H groups in total. The molecule has 3 rings (SSSR count). The smallest absolute Gasteiger partial charge is 0.124 e. The van der Waals surface area contributed by atoms with Gasteiger partial charge in [-0.05, 0) is 38.8 Å². The van der Waals surface area contributed by atoms with Crippen LogP contribution >= 0.6 is 0 Å². The summed E-state index contributed by atoms with van der Waals surface area (Å²) in [5.41, 5.74) is 2.51. The van der Waals surface area contributed by atoms with Crippen LogP contribution in [0.1, 0.15) is 50.7 Å². The van der Waals surface area contributed by atoms with Gasteiger partial charge in [0.2, 0.25) is 0 Å². The van der Waals surface area contributed by atoms with Crippen molar-refractivity contribution in [3.05, 3.63) is 23.3 Å². The van der Waals surface area contributed by atoms with Crippen LogP contribution in [-0.4, -0.2) is 18.8 Å². The monoisotopic (exact) mass is 275 g/mol. The minimum Gasteiger partial charge on any atom is -0.494 e. The Labute approximate surface area is 121 Å². The van der Waals surface area contributed by atoms with Crippen molar-refractivity contribution < 1.29 is 9.47 Å². The molecular weight excluding hydrogens is 250 g/mol. The summed E-state index contributed by atoms with van der Waals surface area (Å²) in [4.78, 5) is 0. The fourth-order valence-corrected chi connectivity index (χ4v) is 3.29. The first-order valence-electron chi connectivity index (χ1n) is 7.95. The molecule has 0 radical (unpaired) electrons. The number of nitrogens with one attached hydrogen (secondary N) is 1. The fraction of sp³-hybridized carbons (Fsp3) is 0.647. The van der Waals surface area contributed by atoms with Crippen molar-refractivity contribution in [1.82, 2.24) is 5.32 Å². The lowest BCUT2D eigenvalue weighted by Gasteiger charge is -2.16. The molecule has 0 aromatic heterocycles. The molecule has 1 unspecified atom stereocenters. The first kappa shape index (κ1) is 13.7. The minimum absolute atomic E-state index is 0.289. The van der Waals surface area contributed by atoms with E-state index in [-0.39, 0.29) is 6.10 Å². The zero-order chi connectivity index (χ0) is 13.9. The van der Waals surface area contributed by atoms with E-state index in [4.69, 9.17) is 9.47 Å². The summed E-state index contributed by atoms with van der Waals surface area (Å²) in [6, 6.07) is 5.03. The number of hydrogen-bond donors (Lipinski definition) is 1. The molecule has 1 heterocycles. The van der Waals surface area contributed by atoms with E-state index >= 15 is 0 Å². The van der Waals surface area contributed by atoms with Gasteiger partial charge in [0.15, 0.2) is 0 Å². The number of fused-ring (bicyclic) bond motifs is 1. The molecule has 1 aromatic rings. The molecule has 3 nitrogen and oxygen atoms in total. The van der Waals surface area contributed by atoms with Crippen LogP contribution < -0.4 is 14.8 Å². The first-order chi connectivity index (χ1) is 9.76. The summed E-state index contributed by atoms with van der Waals surface area (Å²) >= 11 is 0. The van der Waals surface area contributed by atoms with Gasteiger partial charge in [-0.15, -0.1) is 0 Å². The molecule has 0 spiro atoms. The first-order valence-corrected chi connectivity index (χ1v) is 7.95. The van der Waals surface area contributed by atoms with Gasteiger partial charge in [0.25, 0.3) is 0 Å². The normalized spacial score (nSPS) is 21.8. The Kier molecular flexibility index (Phi) is 4.16. The number of ether oxygens (including phenoxy) is 2. The standard InChI is InChI=1S/C17H25NO2/c1-3-19-16-9-13-8-12(2)20-17(13)10-14(16)11-18-15-6-4-5-7-15/h9-10,12,15,18H,3-8,11H2,1-2H3. The summed E-state index contributed by atoms with van der Waals surface area (Å²) in [6.45, 7) is 5.76. The largest absolute Gasteiger partial charge is 0.494 e. The molecule has 1 saturated carbocycles. The Morgan fingerprint density at radius 2 is 2.10 bits per heavy atom. The van der Waals surface area contributed by atoms with Crippen LogP contribution in [0.4, 0.5) is 0 Å². The second kappa shape index (κ2) is 6.04. The van der Waals surface area contributed by atoms with Crippen LogP contribution in [-0.2, 0) is 13.0 Å². The van der Waals surface area contributed by atoms with Crippen LogP contribution in [0.15, 0.2) is 12.1 Å². The maximum atomic E-state index is 5.87. The Balaban J connectivity index is 1.75. The molecule has 20 heavy (non-hydrogen) atoms. The number of benzene rings is 1. The van der Waals surface area contributed by atoms with Gasteiger partial charge in [0.1, 0.15) is 17.6 Å². The molecule has 2 aliphatic rings. The molecule has 1 fully saturated rings. The van der Waals surface area contributed by atoms with Crippen molar-refractivity contribution >= 4 is 0 Å². The number of hydrogen-bond acceptors (Lipinski definition) is 3. The van der Waals surface area contributed by atoms with Crippen LogP contribution in [0.3, 0.4) is 0 Å². The van der Waals surface area contributed by atoms with E-state index in [1.54, 1.807) is 0 Å². The van der Waals surface area contributed by atoms with Gasteiger partial charge in [-0.25, -0.2) is 0 Å². The van der Waals surface area contributed by atoms with Gasteiger partial charge in [-0.1, -0.05) is 12.8 Å². The molecular formula is C17H25NO2. The third kappa shape index (κ3) is 2.93. The van der Waals surface area contributed by atoms with Gasteiger partial charge in [-0.3, -0.25) is 0 Å². The maximum absolute atomic E-state index is 5.87. The topological polar surface area (TPSA) is 30.5 Å². The summed E-state index contributed by atoms with van der Waals surface area (Å²) in [6.07, 6.45) is 6.62. The predicted molar refractivity (Wildman–Crippen MR) is 80.5 cm³/mol. The molecule has 1 aliphatic carbocycles. The lowest BCUT2D eigenvalue weighted by atomic mass is 10.1. The van der Waals surface area contributed by atoms with E-state index in [1.165, 1.54) is 36.8 Å². The van der Waals surface area contributed by atoms with Gasteiger partial charge in [0.05, 0.1) is 6.61 Å². The van der Waals surface area contributed by atoms with Gasteiger partial charge >= 0.3 is 0 Å². The minimum atomic E-state index is 0.289. The van der Waals surface area contributed by atoms with Crippen LogP contribution in [0.25, 0.3) is 0 Å². The average molecular weight is 275 g/mol. The van der Waals surface area contributed by atoms with Gasteiger partial charge in [0, 0.05) is 30.1 Å². The summed E-state index contributed by atoms with van der Waals surface area (Å²) in [7, 11) is 0. The lowest BCUT2D eigenvalue weighted by molar-refractivity contribution is 0.254. The van der Waals surface area contributed by atoms with Crippen LogP contribution in [0.5, 0.6) is 11.5 Å². The Morgan fingerprint density at radius 1 is 1.30 bits per heavy atom. The van der Waals surface area contributed by atoms with E-state index in [0.717, 1.165) is 24.5 Å². The van der Waals surface area contributed by atoms with Crippen molar-refractivity contribution in [2.24, 2.45) is 0 Å². The highest BCUT2D eigenvalue weighted by atomic mass is 16.5. The quantitative estimate of drug-likeness (QED) is 0.893. The van der Waals surface area contributed by atoms with Crippen LogP contribution in [0, 0.1) is 0 Å². The summed E-state index contributed by atoms with van der Waals surface area (Å²) < 4.78 is 11.7. The molecule has 3 heteroatoms. The highest BCUT2D eigenvalue weighted by molar-refractivity contribution is 5.48. The zero-order valence-electron chi connectivity index (χ0n) is 12.6. The third-order valence-electron chi connectivity index (χ3n) is 4.32. The predicted octanol–water partition coefficient (Wildman–Crippen LogP) is 3.44. The molecule has 1 atom stereocenters. The average Bonchev–Trinajstić information content (AvgIpc) is 3.04. The van der Waals surface area contributed by atoms with E-state index in [0.29, 0.717) is 12.6 Å². The lowest BCUT2D eigenvalue weighted by Crippen LogP contribution is -2.25. The highest BCUT2D eigenvalue weighted by Gasteiger charge is 2.22. The molecule has 0 bridgehead atoms. The van der Waals surface area contributed by atoms with E-state index in [9.17, 15) is 0 Å². The zero-order valence-corrected chi connectivity index (χ0v) is 12.6. The molecule has 1 aromatic carbocycles. The van der Waals surface area contributed by atoms with Crippen molar-refractivity contribution in [3.8, 4) is 11.5 Å². The molecule has 0 amide bonds. The van der Waals surface area contributed by atoms with Crippen LogP contribution in [0.2, 0.25) is 0 Å². The summed E-state index contributed by atoms with van der Waals surface area (Å²) in [5.74, 6) is 2.07. The second-order valence-corrected chi connectivity index (χ2v) is 6.00. The highest BCUT2D eigenvalue weighted by Crippen LogP contribution is 2.35. The fourth-order valence-electron chi connectivity index (χ4n) is 3.29. The van der Waals surface area contributed by atoms with E-state index in [1.807, 2.05) is 6.92 Å². The molecule has 0 saturated heterocycles.